The van der Waals surface area contributed by atoms with E-state index in [1.54, 1.807) is 7.11 Å². The van der Waals surface area contributed by atoms with Crippen molar-refractivity contribution < 1.29 is 9.53 Å². The van der Waals surface area contributed by atoms with Gasteiger partial charge in [0.05, 0.1) is 22.6 Å². The lowest BCUT2D eigenvalue weighted by atomic mass is 10.1. The second kappa shape index (κ2) is 7.02. The maximum atomic E-state index is 12.3. The van der Waals surface area contributed by atoms with Gasteiger partial charge >= 0.3 is 0 Å². The Morgan fingerprint density at radius 3 is 2.83 bits per heavy atom. The van der Waals surface area contributed by atoms with E-state index in [1.165, 1.54) is 11.3 Å². The molecular formula is C17H16N2O2S2. The van der Waals surface area contributed by atoms with Gasteiger partial charge in [0.15, 0.2) is 5.13 Å². The number of anilines is 1. The van der Waals surface area contributed by atoms with Gasteiger partial charge in [-0.05, 0) is 30.2 Å². The fourth-order valence-electron chi connectivity index (χ4n) is 2.20. The zero-order valence-electron chi connectivity index (χ0n) is 12.5. The Kier molecular flexibility index (Phi) is 4.83. The average Bonchev–Trinajstić information content (AvgIpc) is 2.96. The first-order valence-corrected chi connectivity index (χ1v) is 8.46. The van der Waals surface area contributed by atoms with Crippen LogP contribution in [-0.2, 0) is 11.2 Å². The van der Waals surface area contributed by atoms with E-state index in [4.69, 9.17) is 4.74 Å². The average molecular weight is 344 g/mol. The zero-order chi connectivity index (χ0) is 16.2. The fraction of sp³-hybridized carbons (Fsp3) is 0.176. The molecule has 3 rings (SSSR count). The molecule has 0 saturated carbocycles. The van der Waals surface area contributed by atoms with Gasteiger partial charge in [-0.25, -0.2) is 4.98 Å². The molecule has 23 heavy (non-hydrogen) atoms. The Morgan fingerprint density at radius 2 is 2.09 bits per heavy atom. The van der Waals surface area contributed by atoms with Gasteiger partial charge in [0.2, 0.25) is 5.91 Å². The van der Waals surface area contributed by atoms with Crippen LogP contribution in [0.15, 0.2) is 48.5 Å². The largest absolute Gasteiger partial charge is 0.497 e. The van der Waals surface area contributed by atoms with Crippen molar-refractivity contribution in [2.45, 2.75) is 11.7 Å². The standard InChI is InChI=1S/C17H16N2O2S2/c1-21-12-7-8-13-15(10-12)23-17(18-13)19-16(20)14(22)9-11-5-3-2-4-6-11/h2-8,10,14,22H,9H2,1H3,(H,18,19,20). The molecular weight excluding hydrogens is 328 g/mol. The number of carbonyl (C=O) groups excluding carboxylic acids is 1. The number of methoxy groups -OCH3 is 1. The number of carbonyl (C=O) groups is 1. The summed E-state index contributed by atoms with van der Waals surface area (Å²) in [5.74, 6) is 0.624. The summed E-state index contributed by atoms with van der Waals surface area (Å²) < 4.78 is 6.17. The van der Waals surface area contributed by atoms with Gasteiger partial charge in [-0.15, -0.1) is 0 Å². The number of nitrogens with one attached hydrogen (secondary N) is 1. The predicted molar refractivity (Wildman–Crippen MR) is 97.7 cm³/mol. The summed E-state index contributed by atoms with van der Waals surface area (Å²) in [4.78, 5) is 16.7. The number of benzene rings is 2. The second-order valence-corrected chi connectivity index (χ2v) is 6.70. The maximum absolute atomic E-state index is 12.3. The lowest BCUT2D eigenvalue weighted by Gasteiger charge is -2.09. The molecule has 118 valence electrons. The van der Waals surface area contributed by atoms with Crippen LogP contribution in [0.2, 0.25) is 0 Å². The Labute approximate surface area is 143 Å². The van der Waals surface area contributed by atoms with Crippen molar-refractivity contribution in [2.75, 3.05) is 12.4 Å². The maximum Gasteiger partial charge on any atom is 0.239 e. The minimum absolute atomic E-state index is 0.150. The quantitative estimate of drug-likeness (QED) is 0.693. The molecule has 1 amide bonds. The van der Waals surface area contributed by atoms with Crippen LogP contribution in [0.4, 0.5) is 5.13 Å². The highest BCUT2D eigenvalue weighted by Crippen LogP contribution is 2.29. The van der Waals surface area contributed by atoms with Gasteiger partial charge in [-0.2, -0.15) is 12.6 Å². The Hall–Kier alpha value is -2.05. The molecule has 0 bridgehead atoms. The topological polar surface area (TPSA) is 51.2 Å². The van der Waals surface area contributed by atoms with Gasteiger partial charge < -0.3 is 10.1 Å². The highest BCUT2D eigenvalue weighted by molar-refractivity contribution is 7.81. The van der Waals surface area contributed by atoms with Crippen LogP contribution in [0.25, 0.3) is 10.2 Å². The molecule has 0 aliphatic carbocycles. The summed E-state index contributed by atoms with van der Waals surface area (Å²) in [5, 5.41) is 3.00. The molecule has 6 heteroatoms. The Bertz CT molecular complexity index is 818. The van der Waals surface area contributed by atoms with E-state index in [9.17, 15) is 4.79 Å². The summed E-state index contributed by atoms with van der Waals surface area (Å²) in [6.07, 6.45) is 0.578. The first-order valence-electron chi connectivity index (χ1n) is 7.13. The highest BCUT2D eigenvalue weighted by atomic mass is 32.1. The van der Waals surface area contributed by atoms with Crippen LogP contribution in [-0.4, -0.2) is 23.3 Å². The lowest BCUT2D eigenvalue weighted by molar-refractivity contribution is -0.115. The molecule has 2 aromatic carbocycles. The van der Waals surface area contributed by atoms with Gasteiger partial charge in [0.25, 0.3) is 0 Å². The molecule has 0 spiro atoms. The van der Waals surface area contributed by atoms with Crippen LogP contribution in [0, 0.1) is 0 Å². The van der Waals surface area contributed by atoms with E-state index in [-0.39, 0.29) is 5.91 Å². The first-order chi connectivity index (χ1) is 11.2. The number of nitrogens with zero attached hydrogens (tertiary/aromatic N) is 1. The number of thiol groups is 1. The summed E-state index contributed by atoms with van der Waals surface area (Å²) >= 11 is 5.83. The zero-order valence-corrected chi connectivity index (χ0v) is 14.2. The number of hydrogen-bond acceptors (Lipinski definition) is 5. The molecule has 1 heterocycles. The smallest absolute Gasteiger partial charge is 0.239 e. The molecule has 0 saturated heterocycles. The van der Waals surface area contributed by atoms with E-state index in [2.05, 4.69) is 22.9 Å². The number of amides is 1. The van der Waals surface area contributed by atoms with Crippen LogP contribution in [0.5, 0.6) is 5.75 Å². The summed E-state index contributed by atoms with van der Waals surface area (Å²) in [6, 6.07) is 15.5. The normalized spacial score (nSPS) is 12.1. The van der Waals surface area contributed by atoms with Gasteiger partial charge in [-0.3, -0.25) is 4.79 Å². The molecule has 3 aromatic rings. The SMILES string of the molecule is COc1ccc2nc(NC(=O)C(S)Cc3ccccc3)sc2c1. The Balaban J connectivity index is 1.69. The van der Waals surface area contributed by atoms with Crippen LogP contribution in [0.1, 0.15) is 5.56 Å². The molecule has 0 aliphatic rings. The third-order valence-electron chi connectivity index (χ3n) is 3.40. The number of rotatable bonds is 5. The monoisotopic (exact) mass is 344 g/mol. The van der Waals surface area contributed by atoms with Gasteiger partial charge in [0.1, 0.15) is 5.75 Å². The van der Waals surface area contributed by atoms with Crippen molar-refractivity contribution in [2.24, 2.45) is 0 Å². The minimum atomic E-state index is -0.418. The molecule has 0 fully saturated rings. The highest BCUT2D eigenvalue weighted by Gasteiger charge is 2.16. The van der Waals surface area contributed by atoms with Crippen LogP contribution in [0.3, 0.4) is 0 Å². The second-order valence-electron chi connectivity index (χ2n) is 5.05. The third-order valence-corrected chi connectivity index (χ3v) is 4.75. The number of ether oxygens (including phenoxy) is 1. The summed E-state index contributed by atoms with van der Waals surface area (Å²) in [5.41, 5.74) is 1.92. The van der Waals surface area contributed by atoms with E-state index >= 15 is 0 Å². The molecule has 1 unspecified atom stereocenters. The van der Waals surface area contributed by atoms with E-state index in [1.807, 2.05) is 48.5 Å². The number of aromatic nitrogens is 1. The number of fused-ring (bicyclic) bond motifs is 1. The van der Waals surface area contributed by atoms with Crippen molar-refractivity contribution >= 4 is 45.2 Å². The van der Waals surface area contributed by atoms with Crippen molar-refractivity contribution in [1.29, 1.82) is 0 Å². The van der Waals surface area contributed by atoms with Crippen molar-refractivity contribution in [1.82, 2.24) is 4.98 Å². The Morgan fingerprint density at radius 1 is 1.30 bits per heavy atom. The van der Waals surface area contributed by atoms with Gasteiger partial charge in [-0.1, -0.05) is 41.7 Å². The first kappa shape index (κ1) is 15.8. The summed E-state index contributed by atoms with van der Waals surface area (Å²) in [7, 11) is 1.62. The van der Waals surface area contributed by atoms with Gasteiger partial charge in [0, 0.05) is 0 Å². The predicted octanol–water partition coefficient (Wildman–Crippen LogP) is 3.78. The van der Waals surface area contributed by atoms with Crippen molar-refractivity contribution in [3.63, 3.8) is 0 Å². The lowest BCUT2D eigenvalue weighted by Crippen LogP contribution is -2.25. The minimum Gasteiger partial charge on any atom is -0.497 e. The molecule has 1 aromatic heterocycles. The molecule has 1 atom stereocenters. The van der Waals surface area contributed by atoms with E-state index in [0.29, 0.717) is 11.6 Å². The molecule has 1 N–H and O–H groups in total. The van der Waals surface area contributed by atoms with Crippen LogP contribution < -0.4 is 10.1 Å². The van der Waals surface area contributed by atoms with Crippen molar-refractivity contribution in [3.8, 4) is 5.75 Å². The molecule has 0 aliphatic heterocycles. The van der Waals surface area contributed by atoms with E-state index in [0.717, 1.165) is 21.5 Å². The number of hydrogen-bond donors (Lipinski definition) is 2. The van der Waals surface area contributed by atoms with Crippen LogP contribution >= 0.6 is 24.0 Å². The molecule has 0 radical (unpaired) electrons. The van der Waals surface area contributed by atoms with Crippen molar-refractivity contribution in [3.05, 3.63) is 54.1 Å². The fourth-order valence-corrected chi connectivity index (χ4v) is 3.38. The van der Waals surface area contributed by atoms with E-state index < -0.39 is 5.25 Å². The molecule has 4 nitrogen and oxygen atoms in total. The number of thiazole rings is 1. The third kappa shape index (κ3) is 3.83. The summed E-state index contributed by atoms with van der Waals surface area (Å²) in [6.45, 7) is 0.